The Morgan fingerprint density at radius 2 is 1.82 bits per heavy atom. The minimum atomic E-state index is 0.764. The lowest BCUT2D eigenvalue weighted by molar-refractivity contribution is 0.414. The van der Waals surface area contributed by atoms with Crippen LogP contribution in [0.15, 0.2) is 40.9 Å². The molecule has 2 aromatic carbocycles. The third kappa shape index (κ3) is 4.73. The van der Waals surface area contributed by atoms with Gasteiger partial charge in [-0.15, -0.1) is 0 Å². The van der Waals surface area contributed by atoms with Gasteiger partial charge in [0.2, 0.25) is 0 Å². The van der Waals surface area contributed by atoms with E-state index in [1.54, 1.807) is 18.9 Å². The molecular weight excluding hydrogens is 378 g/mol. The summed E-state index contributed by atoms with van der Waals surface area (Å²) in [6, 6.07) is 12.3. The van der Waals surface area contributed by atoms with Crippen molar-refractivity contribution in [1.82, 2.24) is 0 Å². The molecule has 1 N–H and O–H groups in total. The Labute approximate surface area is 149 Å². The monoisotopic (exact) mass is 395 g/mol. The molecule has 0 fully saturated rings. The molecule has 0 aromatic heterocycles. The predicted octanol–water partition coefficient (Wildman–Crippen LogP) is 5.70. The number of hydrogen-bond acceptors (Lipinski definition) is 3. The first-order valence-corrected chi connectivity index (χ1v) is 9.01. The summed E-state index contributed by atoms with van der Waals surface area (Å²) < 4.78 is 6.95. The average Bonchev–Trinajstić information content (AvgIpc) is 2.51. The van der Waals surface area contributed by atoms with E-state index in [-0.39, 0.29) is 0 Å². The Hall–Kier alpha value is -1.04. The fraction of sp³-hybridized carbons (Fsp3) is 0.235. The molecule has 22 heavy (non-hydrogen) atoms. The number of ether oxygens (including phenoxy) is 1. The van der Waals surface area contributed by atoms with E-state index in [1.165, 1.54) is 16.7 Å². The number of anilines is 1. The second-order valence-corrected chi connectivity index (χ2v) is 7.47. The maximum atomic E-state index is 5.43. The maximum absolute atomic E-state index is 5.43. The number of nitrogens with one attached hydrogen (secondary N) is 1. The van der Waals surface area contributed by atoms with Crippen LogP contribution >= 0.6 is 39.9 Å². The minimum Gasteiger partial charge on any atom is -0.497 e. The largest absolute Gasteiger partial charge is 0.497 e. The van der Waals surface area contributed by atoms with Gasteiger partial charge in [-0.25, -0.2) is 0 Å². The van der Waals surface area contributed by atoms with E-state index in [9.17, 15) is 0 Å². The van der Waals surface area contributed by atoms with Gasteiger partial charge in [0.05, 0.1) is 12.8 Å². The lowest BCUT2D eigenvalue weighted by atomic mass is 10.1. The van der Waals surface area contributed by atoms with Gasteiger partial charge in [-0.1, -0.05) is 36.1 Å². The third-order valence-electron chi connectivity index (χ3n) is 3.35. The van der Waals surface area contributed by atoms with Gasteiger partial charge in [0.15, 0.2) is 0 Å². The van der Waals surface area contributed by atoms with E-state index in [2.05, 4.69) is 59.4 Å². The average molecular weight is 396 g/mol. The van der Waals surface area contributed by atoms with Crippen molar-refractivity contribution in [2.24, 2.45) is 0 Å². The molecule has 0 bridgehead atoms. The zero-order valence-electron chi connectivity index (χ0n) is 12.8. The molecule has 0 saturated heterocycles. The third-order valence-corrected chi connectivity index (χ3v) is 5.30. The summed E-state index contributed by atoms with van der Waals surface area (Å²) in [6.45, 7) is 4.20. The summed E-state index contributed by atoms with van der Waals surface area (Å²) in [5.74, 6) is 1.70. The highest BCUT2D eigenvalue weighted by Crippen LogP contribution is 2.27. The highest BCUT2D eigenvalue weighted by molar-refractivity contribution is 9.10. The fourth-order valence-electron chi connectivity index (χ4n) is 1.89. The molecule has 116 valence electrons. The number of thiocarbonyl (C=S) groups is 1. The Kier molecular flexibility index (Phi) is 6.29. The second kappa shape index (κ2) is 7.99. The second-order valence-electron chi connectivity index (χ2n) is 4.97. The van der Waals surface area contributed by atoms with Crippen molar-refractivity contribution < 1.29 is 4.74 Å². The van der Waals surface area contributed by atoms with Gasteiger partial charge in [-0.05, 0) is 70.7 Å². The molecule has 0 heterocycles. The molecule has 2 aromatic rings. The lowest BCUT2D eigenvalue weighted by Gasteiger charge is -2.12. The molecule has 0 saturated carbocycles. The Bertz CT molecular complexity index is 671. The van der Waals surface area contributed by atoms with Gasteiger partial charge < -0.3 is 10.1 Å². The summed E-state index contributed by atoms with van der Waals surface area (Å²) in [7, 11) is 1.67. The van der Waals surface area contributed by atoms with E-state index in [0.29, 0.717) is 0 Å². The summed E-state index contributed by atoms with van der Waals surface area (Å²) >= 11 is 10.6. The van der Waals surface area contributed by atoms with Gasteiger partial charge in [0.25, 0.3) is 0 Å². The lowest BCUT2D eigenvalue weighted by Crippen LogP contribution is -2.06. The van der Waals surface area contributed by atoms with Gasteiger partial charge in [-0.3, -0.25) is 0 Å². The fourth-order valence-corrected chi connectivity index (χ4v) is 3.41. The Balaban J connectivity index is 1.94. The van der Waals surface area contributed by atoms with Gasteiger partial charge in [0, 0.05) is 10.2 Å². The number of hydrogen-bond donors (Lipinski definition) is 1. The van der Waals surface area contributed by atoms with Crippen molar-refractivity contribution >= 4 is 49.9 Å². The quantitative estimate of drug-likeness (QED) is 0.669. The standard InChI is InChI=1S/C17H18BrNOS2/c1-11-8-15(18)16(9-12(11)2)19-17(21)22-10-13-4-6-14(20-3)7-5-13/h4-9H,10H2,1-3H3,(H,19,21). The highest BCUT2D eigenvalue weighted by atomic mass is 79.9. The molecule has 0 atom stereocenters. The zero-order valence-corrected chi connectivity index (χ0v) is 16.0. The topological polar surface area (TPSA) is 21.3 Å². The smallest absolute Gasteiger partial charge is 0.138 e. The van der Waals surface area contributed by atoms with Crippen LogP contribution in [-0.2, 0) is 5.75 Å². The van der Waals surface area contributed by atoms with E-state index < -0.39 is 0 Å². The molecule has 0 spiro atoms. The number of aryl methyl sites for hydroxylation is 2. The molecule has 0 aliphatic heterocycles. The van der Waals surface area contributed by atoms with Crippen LogP contribution in [0.2, 0.25) is 0 Å². The summed E-state index contributed by atoms with van der Waals surface area (Å²) in [5.41, 5.74) is 4.73. The van der Waals surface area contributed by atoms with Crippen LogP contribution in [0, 0.1) is 13.8 Å². The highest BCUT2D eigenvalue weighted by Gasteiger charge is 2.06. The number of methoxy groups -OCH3 is 1. The summed E-state index contributed by atoms with van der Waals surface area (Å²) in [6.07, 6.45) is 0. The van der Waals surface area contributed by atoms with Crippen LogP contribution in [0.5, 0.6) is 5.75 Å². The van der Waals surface area contributed by atoms with Crippen molar-refractivity contribution in [2.45, 2.75) is 19.6 Å². The van der Waals surface area contributed by atoms with Crippen LogP contribution in [0.4, 0.5) is 5.69 Å². The maximum Gasteiger partial charge on any atom is 0.138 e. The van der Waals surface area contributed by atoms with E-state index >= 15 is 0 Å². The molecule has 2 rings (SSSR count). The molecule has 2 nitrogen and oxygen atoms in total. The molecule has 5 heteroatoms. The number of rotatable bonds is 4. The molecular formula is C17H18BrNOS2. The number of thioether (sulfide) groups is 1. The van der Waals surface area contributed by atoms with Crippen molar-refractivity contribution in [3.8, 4) is 5.75 Å². The molecule has 0 unspecified atom stereocenters. The SMILES string of the molecule is COc1ccc(CSC(=S)Nc2cc(C)c(C)cc2Br)cc1. The zero-order chi connectivity index (χ0) is 16.1. The van der Waals surface area contributed by atoms with Crippen LogP contribution in [0.3, 0.4) is 0 Å². The Morgan fingerprint density at radius 1 is 1.18 bits per heavy atom. The van der Waals surface area contributed by atoms with Crippen LogP contribution in [-0.4, -0.2) is 11.4 Å². The first kappa shape index (κ1) is 17.3. The van der Waals surface area contributed by atoms with Gasteiger partial charge in [-0.2, -0.15) is 0 Å². The van der Waals surface area contributed by atoms with Gasteiger partial charge >= 0.3 is 0 Å². The van der Waals surface area contributed by atoms with E-state index in [0.717, 1.165) is 26.0 Å². The first-order valence-electron chi connectivity index (χ1n) is 6.83. The molecule has 0 aliphatic carbocycles. The van der Waals surface area contributed by atoms with Crippen molar-refractivity contribution in [2.75, 3.05) is 12.4 Å². The summed E-state index contributed by atoms with van der Waals surface area (Å²) in [4.78, 5) is 0. The minimum absolute atomic E-state index is 0.764. The van der Waals surface area contributed by atoms with Crippen LogP contribution in [0.25, 0.3) is 0 Å². The van der Waals surface area contributed by atoms with E-state index in [4.69, 9.17) is 17.0 Å². The Morgan fingerprint density at radius 3 is 2.45 bits per heavy atom. The van der Waals surface area contributed by atoms with Crippen molar-refractivity contribution in [1.29, 1.82) is 0 Å². The van der Waals surface area contributed by atoms with Crippen molar-refractivity contribution in [3.05, 3.63) is 57.6 Å². The number of benzene rings is 2. The predicted molar refractivity (Wildman–Crippen MR) is 104 cm³/mol. The van der Waals surface area contributed by atoms with Crippen molar-refractivity contribution in [3.63, 3.8) is 0 Å². The normalized spacial score (nSPS) is 10.4. The number of halogens is 1. The van der Waals surface area contributed by atoms with E-state index in [1.807, 2.05) is 12.1 Å². The molecule has 0 radical (unpaired) electrons. The van der Waals surface area contributed by atoms with Gasteiger partial charge in [0.1, 0.15) is 10.1 Å². The summed E-state index contributed by atoms with van der Waals surface area (Å²) in [5, 5.41) is 3.29. The van der Waals surface area contributed by atoms with Crippen LogP contribution < -0.4 is 10.1 Å². The molecule has 0 amide bonds. The van der Waals surface area contributed by atoms with Crippen LogP contribution in [0.1, 0.15) is 16.7 Å². The first-order chi connectivity index (χ1) is 10.5. The molecule has 0 aliphatic rings.